The first kappa shape index (κ1) is 18.1. The first-order valence-electron chi connectivity index (χ1n) is 8.37. The highest BCUT2D eigenvalue weighted by molar-refractivity contribution is 14.0. The van der Waals surface area contributed by atoms with Gasteiger partial charge in [0, 0.05) is 36.2 Å². The fraction of sp³-hybridized carbons (Fsp3) is 0.500. The molecule has 0 radical (unpaired) electrons. The lowest BCUT2D eigenvalue weighted by atomic mass is 10.1. The van der Waals surface area contributed by atoms with Crippen molar-refractivity contribution in [1.82, 2.24) is 9.88 Å². The van der Waals surface area contributed by atoms with E-state index in [4.69, 9.17) is 5.73 Å². The molecule has 1 fully saturated rings. The largest absolute Gasteiger partial charge is 0.370 e. The Morgan fingerprint density at radius 2 is 1.87 bits per heavy atom. The molecule has 0 bridgehead atoms. The van der Waals surface area contributed by atoms with Crippen LogP contribution in [0, 0.1) is 6.92 Å². The zero-order valence-electron chi connectivity index (χ0n) is 13.8. The number of likely N-dealkylation sites (tertiary alicyclic amines) is 1. The summed E-state index contributed by atoms with van der Waals surface area (Å²) in [5, 5.41) is 1.31. The first-order valence-corrected chi connectivity index (χ1v) is 8.37. The van der Waals surface area contributed by atoms with Crippen LogP contribution in [0.2, 0.25) is 0 Å². The zero-order valence-corrected chi connectivity index (χ0v) is 16.2. The molecule has 0 unspecified atom stereocenters. The number of halogens is 1. The van der Waals surface area contributed by atoms with E-state index in [0.29, 0.717) is 0 Å². The number of hydrogen-bond acceptors (Lipinski definition) is 1. The summed E-state index contributed by atoms with van der Waals surface area (Å²) < 4.78 is 0. The molecule has 1 saturated heterocycles. The van der Waals surface area contributed by atoms with Gasteiger partial charge in [-0.2, -0.15) is 0 Å². The average Bonchev–Trinajstić information content (AvgIpc) is 2.71. The Labute approximate surface area is 155 Å². The lowest BCUT2D eigenvalue weighted by molar-refractivity contribution is 0.428. The molecule has 0 amide bonds. The second-order valence-electron chi connectivity index (χ2n) is 6.17. The van der Waals surface area contributed by atoms with E-state index in [1.165, 1.54) is 47.8 Å². The van der Waals surface area contributed by atoms with Crippen LogP contribution < -0.4 is 5.73 Å². The van der Waals surface area contributed by atoms with Crippen LogP contribution in [0.15, 0.2) is 29.3 Å². The number of fused-ring (bicyclic) bond motifs is 1. The summed E-state index contributed by atoms with van der Waals surface area (Å²) in [6.45, 7) is 5.01. The molecule has 23 heavy (non-hydrogen) atoms. The van der Waals surface area contributed by atoms with Crippen LogP contribution in [0.25, 0.3) is 10.9 Å². The SMILES string of the molecule is Cc1[nH]c2ccccc2c1CCN=C(N)N1CCCCCC1.I. The quantitative estimate of drug-likeness (QED) is 0.445. The van der Waals surface area contributed by atoms with Gasteiger partial charge < -0.3 is 15.6 Å². The number of nitrogens with two attached hydrogens (primary N) is 1. The number of H-pyrrole nitrogens is 1. The maximum absolute atomic E-state index is 6.18. The lowest BCUT2D eigenvalue weighted by Gasteiger charge is -2.21. The molecule has 2 heterocycles. The van der Waals surface area contributed by atoms with E-state index in [2.05, 4.69) is 46.1 Å². The number of guanidine groups is 1. The maximum Gasteiger partial charge on any atom is 0.191 e. The van der Waals surface area contributed by atoms with E-state index in [1.807, 2.05) is 0 Å². The van der Waals surface area contributed by atoms with E-state index in [9.17, 15) is 0 Å². The predicted molar refractivity (Wildman–Crippen MR) is 109 cm³/mol. The minimum Gasteiger partial charge on any atom is -0.370 e. The van der Waals surface area contributed by atoms with E-state index in [1.54, 1.807) is 0 Å². The maximum atomic E-state index is 6.18. The number of aliphatic imine (C=N–C) groups is 1. The van der Waals surface area contributed by atoms with E-state index >= 15 is 0 Å². The summed E-state index contributed by atoms with van der Waals surface area (Å²) in [7, 11) is 0. The number of aromatic nitrogens is 1. The van der Waals surface area contributed by atoms with Crippen molar-refractivity contribution < 1.29 is 0 Å². The van der Waals surface area contributed by atoms with Gasteiger partial charge in [0.05, 0.1) is 0 Å². The van der Waals surface area contributed by atoms with Crippen molar-refractivity contribution in [2.45, 2.75) is 39.0 Å². The van der Waals surface area contributed by atoms with Crippen molar-refractivity contribution in [2.75, 3.05) is 19.6 Å². The molecule has 0 spiro atoms. The van der Waals surface area contributed by atoms with Gasteiger partial charge in [-0.05, 0) is 37.8 Å². The summed E-state index contributed by atoms with van der Waals surface area (Å²) in [4.78, 5) is 10.3. The Morgan fingerprint density at radius 3 is 2.61 bits per heavy atom. The number of aromatic amines is 1. The molecular formula is C18H27IN4. The molecule has 1 aromatic carbocycles. The molecular weight excluding hydrogens is 399 g/mol. The minimum atomic E-state index is 0. The van der Waals surface area contributed by atoms with Crippen LogP contribution >= 0.6 is 24.0 Å². The topological polar surface area (TPSA) is 57.4 Å². The number of aryl methyl sites for hydroxylation is 1. The van der Waals surface area contributed by atoms with Gasteiger partial charge in [0.15, 0.2) is 5.96 Å². The number of hydrogen-bond donors (Lipinski definition) is 2. The molecule has 4 nitrogen and oxygen atoms in total. The van der Waals surface area contributed by atoms with E-state index in [-0.39, 0.29) is 24.0 Å². The summed E-state index contributed by atoms with van der Waals surface area (Å²) in [5.41, 5.74) is 9.99. The predicted octanol–water partition coefficient (Wildman–Crippen LogP) is 3.83. The van der Waals surface area contributed by atoms with Crippen molar-refractivity contribution in [3.8, 4) is 0 Å². The highest BCUT2D eigenvalue weighted by atomic mass is 127. The first-order chi connectivity index (χ1) is 10.8. The fourth-order valence-electron chi connectivity index (χ4n) is 3.34. The molecule has 1 aromatic heterocycles. The van der Waals surface area contributed by atoms with Gasteiger partial charge in [-0.3, -0.25) is 4.99 Å². The third-order valence-corrected chi connectivity index (χ3v) is 4.59. The second-order valence-corrected chi connectivity index (χ2v) is 6.17. The summed E-state index contributed by atoms with van der Waals surface area (Å²) in [6.07, 6.45) is 6.04. The van der Waals surface area contributed by atoms with Crippen LogP contribution in [-0.2, 0) is 6.42 Å². The summed E-state index contributed by atoms with van der Waals surface area (Å²) in [5.74, 6) is 0.722. The van der Waals surface area contributed by atoms with Crippen LogP contribution in [-0.4, -0.2) is 35.5 Å². The molecule has 3 rings (SSSR count). The van der Waals surface area contributed by atoms with Gasteiger partial charge in [-0.25, -0.2) is 0 Å². The Morgan fingerprint density at radius 1 is 1.17 bits per heavy atom. The number of nitrogens with zero attached hydrogens (tertiary/aromatic N) is 2. The number of para-hydroxylation sites is 1. The van der Waals surface area contributed by atoms with Crippen molar-refractivity contribution in [3.63, 3.8) is 0 Å². The van der Waals surface area contributed by atoms with Crippen LogP contribution in [0.1, 0.15) is 36.9 Å². The van der Waals surface area contributed by atoms with Gasteiger partial charge in [0.25, 0.3) is 0 Å². The molecule has 2 aromatic rings. The Bertz CT molecular complexity index is 654. The highest BCUT2D eigenvalue weighted by Gasteiger charge is 2.11. The molecule has 0 atom stereocenters. The normalized spacial score (nSPS) is 16.2. The Balaban J connectivity index is 0.00000192. The minimum absolute atomic E-state index is 0. The zero-order chi connectivity index (χ0) is 15.4. The Hall–Kier alpha value is -1.24. The second kappa shape index (κ2) is 8.57. The van der Waals surface area contributed by atoms with Crippen LogP contribution in [0.4, 0.5) is 0 Å². The lowest BCUT2D eigenvalue weighted by Crippen LogP contribution is -2.38. The summed E-state index contributed by atoms with van der Waals surface area (Å²) >= 11 is 0. The van der Waals surface area contributed by atoms with E-state index in [0.717, 1.165) is 32.0 Å². The smallest absolute Gasteiger partial charge is 0.191 e. The highest BCUT2D eigenvalue weighted by Crippen LogP contribution is 2.22. The average molecular weight is 426 g/mol. The monoisotopic (exact) mass is 426 g/mol. The molecule has 1 aliphatic rings. The standard InChI is InChI=1S/C18H26N4.HI/c1-14-15(16-8-4-5-9-17(16)21-14)10-11-20-18(19)22-12-6-2-3-7-13-22;/h4-5,8-9,21H,2-3,6-7,10-13H2,1H3,(H2,19,20);1H. The van der Waals surface area contributed by atoms with Crippen molar-refractivity contribution in [3.05, 3.63) is 35.5 Å². The van der Waals surface area contributed by atoms with Crippen LogP contribution in [0.3, 0.4) is 0 Å². The van der Waals surface area contributed by atoms with Gasteiger partial charge in [0.2, 0.25) is 0 Å². The molecule has 5 heteroatoms. The molecule has 0 aliphatic carbocycles. The van der Waals surface area contributed by atoms with Gasteiger partial charge in [-0.1, -0.05) is 31.0 Å². The van der Waals surface area contributed by atoms with Gasteiger partial charge in [0.1, 0.15) is 0 Å². The number of benzene rings is 1. The van der Waals surface area contributed by atoms with Gasteiger partial charge >= 0.3 is 0 Å². The molecule has 3 N–H and O–H groups in total. The summed E-state index contributed by atoms with van der Waals surface area (Å²) in [6, 6.07) is 8.46. The fourth-order valence-corrected chi connectivity index (χ4v) is 3.34. The van der Waals surface area contributed by atoms with E-state index < -0.39 is 0 Å². The van der Waals surface area contributed by atoms with Crippen molar-refractivity contribution >= 4 is 40.8 Å². The Kier molecular flexibility index (Phi) is 6.74. The van der Waals surface area contributed by atoms with Gasteiger partial charge in [-0.15, -0.1) is 24.0 Å². The van der Waals surface area contributed by atoms with Crippen LogP contribution in [0.5, 0.6) is 0 Å². The number of rotatable bonds is 3. The molecule has 126 valence electrons. The third kappa shape index (κ3) is 4.40. The third-order valence-electron chi connectivity index (χ3n) is 4.59. The van der Waals surface area contributed by atoms with Crippen molar-refractivity contribution in [2.24, 2.45) is 10.7 Å². The molecule has 0 saturated carbocycles. The van der Waals surface area contributed by atoms with Crippen molar-refractivity contribution in [1.29, 1.82) is 0 Å². The molecule has 1 aliphatic heterocycles. The number of nitrogens with one attached hydrogen (secondary N) is 1.